The van der Waals surface area contributed by atoms with Gasteiger partial charge in [-0.15, -0.1) is 0 Å². The maximum absolute atomic E-state index is 11.9. The molecule has 5 heteroatoms. The predicted octanol–water partition coefficient (Wildman–Crippen LogP) is 1.87. The van der Waals surface area contributed by atoms with E-state index >= 15 is 0 Å². The van der Waals surface area contributed by atoms with Gasteiger partial charge in [-0.05, 0) is 31.0 Å². The lowest BCUT2D eigenvalue weighted by Crippen LogP contribution is -2.39. The second-order valence-electron chi connectivity index (χ2n) is 5.29. The van der Waals surface area contributed by atoms with Gasteiger partial charge in [-0.2, -0.15) is 0 Å². The van der Waals surface area contributed by atoms with Gasteiger partial charge in [-0.3, -0.25) is 4.79 Å². The van der Waals surface area contributed by atoms with Crippen LogP contribution in [0.15, 0.2) is 22.7 Å². The number of carbonyl (C=O) groups excluding carboxylic acids is 1. The molecule has 2 rings (SSSR count). The average Bonchev–Trinajstić information content (AvgIpc) is 2.81. The van der Waals surface area contributed by atoms with Gasteiger partial charge in [0.15, 0.2) is 0 Å². The SMILES string of the molecule is CNC(=O)C1(C)CCN(c2ccc(CN)c(Br)c2)C1. The monoisotopic (exact) mass is 325 g/mol. The molecule has 1 atom stereocenters. The summed E-state index contributed by atoms with van der Waals surface area (Å²) in [5.41, 5.74) is 7.59. The van der Waals surface area contributed by atoms with Crippen molar-refractivity contribution in [3.8, 4) is 0 Å². The van der Waals surface area contributed by atoms with E-state index in [0.717, 1.165) is 35.2 Å². The molecule has 0 aliphatic carbocycles. The molecule has 1 aliphatic rings. The third-order valence-electron chi connectivity index (χ3n) is 3.87. The summed E-state index contributed by atoms with van der Waals surface area (Å²) >= 11 is 3.54. The lowest BCUT2D eigenvalue weighted by Gasteiger charge is -2.24. The molecule has 1 saturated heterocycles. The Bertz CT molecular complexity index is 492. The first-order valence-electron chi connectivity index (χ1n) is 6.46. The Labute approximate surface area is 122 Å². The Kier molecular flexibility index (Phi) is 4.16. The number of rotatable bonds is 3. The van der Waals surface area contributed by atoms with Gasteiger partial charge in [-0.1, -0.05) is 22.0 Å². The topological polar surface area (TPSA) is 58.4 Å². The van der Waals surface area contributed by atoms with Crippen molar-refractivity contribution in [3.63, 3.8) is 0 Å². The second kappa shape index (κ2) is 5.51. The predicted molar refractivity (Wildman–Crippen MR) is 81.0 cm³/mol. The van der Waals surface area contributed by atoms with Crippen LogP contribution in [0.4, 0.5) is 5.69 Å². The average molecular weight is 326 g/mol. The quantitative estimate of drug-likeness (QED) is 0.892. The van der Waals surface area contributed by atoms with E-state index in [2.05, 4.69) is 38.3 Å². The molecule has 1 amide bonds. The Hall–Kier alpha value is -1.07. The second-order valence-corrected chi connectivity index (χ2v) is 6.15. The first kappa shape index (κ1) is 14.3. The zero-order valence-electron chi connectivity index (χ0n) is 11.4. The molecule has 1 unspecified atom stereocenters. The fraction of sp³-hybridized carbons (Fsp3) is 0.500. The van der Waals surface area contributed by atoms with E-state index < -0.39 is 0 Å². The molecular formula is C14H20BrN3O. The van der Waals surface area contributed by atoms with Gasteiger partial charge in [0.2, 0.25) is 5.91 Å². The van der Waals surface area contributed by atoms with Crippen molar-refractivity contribution in [1.29, 1.82) is 0 Å². The van der Waals surface area contributed by atoms with Crippen LogP contribution in [0.2, 0.25) is 0 Å². The van der Waals surface area contributed by atoms with Gasteiger partial charge in [0, 0.05) is 36.8 Å². The third kappa shape index (κ3) is 2.77. The van der Waals surface area contributed by atoms with Crippen LogP contribution in [0.25, 0.3) is 0 Å². The van der Waals surface area contributed by atoms with E-state index in [4.69, 9.17) is 5.73 Å². The van der Waals surface area contributed by atoms with E-state index in [-0.39, 0.29) is 11.3 Å². The van der Waals surface area contributed by atoms with Gasteiger partial charge < -0.3 is 16.0 Å². The molecule has 1 heterocycles. The molecule has 0 spiro atoms. The minimum Gasteiger partial charge on any atom is -0.370 e. The number of carbonyl (C=O) groups is 1. The summed E-state index contributed by atoms with van der Waals surface area (Å²) in [5, 5.41) is 2.76. The molecule has 4 nitrogen and oxygen atoms in total. The van der Waals surface area contributed by atoms with Crippen molar-refractivity contribution in [2.75, 3.05) is 25.0 Å². The van der Waals surface area contributed by atoms with Crippen LogP contribution < -0.4 is 16.0 Å². The summed E-state index contributed by atoms with van der Waals surface area (Å²) in [6, 6.07) is 6.19. The Balaban J connectivity index is 2.17. The van der Waals surface area contributed by atoms with Crippen LogP contribution in [0.1, 0.15) is 18.9 Å². The fourth-order valence-electron chi connectivity index (χ4n) is 2.57. The van der Waals surface area contributed by atoms with Crippen molar-refractivity contribution >= 4 is 27.5 Å². The van der Waals surface area contributed by atoms with Crippen LogP contribution >= 0.6 is 15.9 Å². The number of anilines is 1. The molecule has 0 radical (unpaired) electrons. The summed E-state index contributed by atoms with van der Waals surface area (Å²) in [7, 11) is 1.70. The number of benzene rings is 1. The van der Waals surface area contributed by atoms with Crippen LogP contribution in [0.3, 0.4) is 0 Å². The van der Waals surface area contributed by atoms with Gasteiger partial charge in [0.25, 0.3) is 0 Å². The number of hydrogen-bond donors (Lipinski definition) is 2. The Morgan fingerprint density at radius 2 is 2.32 bits per heavy atom. The summed E-state index contributed by atoms with van der Waals surface area (Å²) in [5.74, 6) is 0.118. The lowest BCUT2D eigenvalue weighted by molar-refractivity contribution is -0.128. The van der Waals surface area contributed by atoms with Crippen LogP contribution in [0, 0.1) is 5.41 Å². The van der Waals surface area contributed by atoms with Crippen molar-refractivity contribution in [2.45, 2.75) is 19.9 Å². The minimum absolute atomic E-state index is 0.118. The largest absolute Gasteiger partial charge is 0.370 e. The van der Waals surface area contributed by atoms with Crippen molar-refractivity contribution < 1.29 is 4.79 Å². The summed E-state index contributed by atoms with van der Waals surface area (Å²) < 4.78 is 1.03. The molecule has 0 aromatic heterocycles. The van der Waals surface area contributed by atoms with Crippen LogP contribution in [-0.2, 0) is 11.3 Å². The summed E-state index contributed by atoms with van der Waals surface area (Å²) in [6.45, 7) is 4.20. The highest BCUT2D eigenvalue weighted by molar-refractivity contribution is 9.10. The molecule has 1 aromatic carbocycles. The molecule has 0 saturated carbocycles. The number of halogens is 1. The van der Waals surface area contributed by atoms with E-state index in [1.54, 1.807) is 7.05 Å². The highest BCUT2D eigenvalue weighted by Crippen LogP contribution is 2.34. The van der Waals surface area contributed by atoms with E-state index in [1.807, 2.05) is 13.0 Å². The maximum atomic E-state index is 11.9. The fourth-order valence-corrected chi connectivity index (χ4v) is 3.10. The van der Waals surface area contributed by atoms with Crippen LogP contribution in [-0.4, -0.2) is 26.0 Å². The van der Waals surface area contributed by atoms with E-state index in [0.29, 0.717) is 6.54 Å². The Morgan fingerprint density at radius 1 is 1.58 bits per heavy atom. The van der Waals surface area contributed by atoms with Gasteiger partial charge in [-0.25, -0.2) is 0 Å². The summed E-state index contributed by atoms with van der Waals surface area (Å²) in [4.78, 5) is 14.2. The van der Waals surface area contributed by atoms with Crippen molar-refractivity contribution in [2.24, 2.45) is 11.1 Å². The molecular weight excluding hydrogens is 306 g/mol. The van der Waals surface area contributed by atoms with Gasteiger partial charge in [0.1, 0.15) is 0 Å². The molecule has 19 heavy (non-hydrogen) atoms. The first-order chi connectivity index (χ1) is 9.00. The number of hydrogen-bond acceptors (Lipinski definition) is 3. The zero-order valence-corrected chi connectivity index (χ0v) is 13.0. The maximum Gasteiger partial charge on any atom is 0.227 e. The number of nitrogens with zero attached hydrogens (tertiary/aromatic N) is 1. The van der Waals surface area contributed by atoms with Gasteiger partial charge in [0.05, 0.1) is 5.41 Å². The Morgan fingerprint density at radius 3 is 2.89 bits per heavy atom. The summed E-state index contributed by atoms with van der Waals surface area (Å²) in [6.07, 6.45) is 0.878. The normalized spacial score (nSPS) is 22.6. The van der Waals surface area contributed by atoms with Crippen molar-refractivity contribution in [3.05, 3.63) is 28.2 Å². The number of amides is 1. The molecule has 104 valence electrons. The molecule has 3 N–H and O–H groups in total. The standard InChI is InChI=1S/C14H20BrN3O/c1-14(13(19)17-2)5-6-18(9-14)11-4-3-10(8-16)12(15)7-11/h3-4,7H,5-6,8-9,16H2,1-2H3,(H,17,19). The lowest BCUT2D eigenvalue weighted by atomic mass is 9.89. The molecule has 0 bridgehead atoms. The molecule has 1 aliphatic heterocycles. The van der Waals surface area contributed by atoms with Crippen molar-refractivity contribution in [1.82, 2.24) is 5.32 Å². The third-order valence-corrected chi connectivity index (χ3v) is 4.61. The smallest absolute Gasteiger partial charge is 0.227 e. The van der Waals surface area contributed by atoms with Gasteiger partial charge >= 0.3 is 0 Å². The van der Waals surface area contributed by atoms with Crippen LogP contribution in [0.5, 0.6) is 0 Å². The first-order valence-corrected chi connectivity index (χ1v) is 7.25. The van der Waals surface area contributed by atoms with E-state index in [1.165, 1.54) is 0 Å². The highest BCUT2D eigenvalue weighted by Gasteiger charge is 2.39. The molecule has 1 aromatic rings. The number of nitrogens with two attached hydrogens (primary N) is 1. The van der Waals surface area contributed by atoms with E-state index in [9.17, 15) is 4.79 Å². The highest BCUT2D eigenvalue weighted by atomic mass is 79.9. The zero-order chi connectivity index (χ0) is 14.0. The molecule has 1 fully saturated rings. The number of nitrogens with one attached hydrogen (secondary N) is 1. The minimum atomic E-state index is -0.298.